The van der Waals surface area contributed by atoms with E-state index in [0.717, 1.165) is 42.4 Å². The summed E-state index contributed by atoms with van der Waals surface area (Å²) in [6.07, 6.45) is 7.99. The summed E-state index contributed by atoms with van der Waals surface area (Å²) in [5, 5.41) is 25.4. The Labute approximate surface area is 241 Å². The third-order valence-electron chi connectivity index (χ3n) is 10.9. The highest BCUT2D eigenvalue weighted by atomic mass is 35.5. The number of carboxylic acids is 1. The van der Waals surface area contributed by atoms with E-state index in [4.69, 9.17) is 11.6 Å². The van der Waals surface area contributed by atoms with Crippen molar-refractivity contribution in [2.24, 2.45) is 34.5 Å². The molecule has 1 unspecified atom stereocenters. The van der Waals surface area contributed by atoms with E-state index in [9.17, 15) is 19.8 Å². The van der Waals surface area contributed by atoms with Crippen molar-refractivity contribution < 1.29 is 19.8 Å². The molecule has 6 heteroatoms. The molecule has 40 heavy (non-hydrogen) atoms. The maximum atomic E-state index is 14.1. The van der Waals surface area contributed by atoms with Crippen LogP contribution in [0.1, 0.15) is 69.5 Å². The van der Waals surface area contributed by atoms with Gasteiger partial charge in [-0.25, -0.2) is 4.79 Å². The van der Waals surface area contributed by atoms with Gasteiger partial charge in [0.05, 0.1) is 12.1 Å². The Morgan fingerprint density at radius 3 is 2.42 bits per heavy atom. The molecule has 0 spiro atoms. The summed E-state index contributed by atoms with van der Waals surface area (Å²) < 4.78 is 0. The van der Waals surface area contributed by atoms with Gasteiger partial charge in [0.2, 0.25) is 5.91 Å². The zero-order valence-corrected chi connectivity index (χ0v) is 23.9. The standard InChI is InChI=1S/C34H38ClNO4/c1-33-17-16-22(32(39)40)18-23(33)10-13-25-26-14-15-27(34(26,2)19-28(37)29(25)33)31(38)36-30(20-6-4-3-5-7-20)21-8-11-24(35)12-9-21/h3-12,18,25-30,37H,13-17,19H2,1-2H3,(H,36,38)(H,39,40)/t25-,26-,27+,28-,29+,30?,33-,34-/m0/s1. The van der Waals surface area contributed by atoms with Crippen LogP contribution in [-0.4, -0.2) is 28.2 Å². The van der Waals surface area contributed by atoms with Gasteiger partial charge in [0, 0.05) is 16.5 Å². The predicted molar refractivity (Wildman–Crippen MR) is 156 cm³/mol. The van der Waals surface area contributed by atoms with Crippen LogP contribution in [0.2, 0.25) is 5.02 Å². The second-order valence-corrected chi connectivity index (χ2v) is 13.3. The van der Waals surface area contributed by atoms with Gasteiger partial charge in [-0.15, -0.1) is 0 Å². The van der Waals surface area contributed by atoms with Crippen LogP contribution in [0.5, 0.6) is 0 Å². The van der Waals surface area contributed by atoms with Crippen LogP contribution in [-0.2, 0) is 9.59 Å². The monoisotopic (exact) mass is 559 g/mol. The fourth-order valence-corrected chi connectivity index (χ4v) is 9.09. The smallest absolute Gasteiger partial charge is 0.331 e. The van der Waals surface area contributed by atoms with Crippen molar-refractivity contribution in [2.75, 3.05) is 0 Å². The Morgan fingerprint density at radius 1 is 1.02 bits per heavy atom. The molecule has 2 fully saturated rings. The van der Waals surface area contributed by atoms with Crippen LogP contribution in [0.15, 0.2) is 77.9 Å². The Balaban J connectivity index is 1.28. The molecule has 0 heterocycles. The number of amides is 1. The lowest BCUT2D eigenvalue weighted by Crippen LogP contribution is -2.56. The zero-order chi connectivity index (χ0) is 28.2. The Hall–Kier alpha value is -2.89. The van der Waals surface area contributed by atoms with Gasteiger partial charge in [-0.05, 0) is 102 Å². The number of halogens is 1. The molecule has 0 aliphatic heterocycles. The van der Waals surface area contributed by atoms with E-state index < -0.39 is 12.1 Å². The van der Waals surface area contributed by atoms with Crippen LogP contribution in [0.4, 0.5) is 0 Å². The highest BCUT2D eigenvalue weighted by molar-refractivity contribution is 6.30. The van der Waals surface area contributed by atoms with E-state index in [1.807, 2.05) is 60.7 Å². The minimum Gasteiger partial charge on any atom is -0.478 e. The lowest BCUT2D eigenvalue weighted by molar-refractivity contribution is -0.141. The maximum Gasteiger partial charge on any atom is 0.331 e. The summed E-state index contributed by atoms with van der Waals surface area (Å²) in [7, 11) is 0. The molecule has 3 N–H and O–H groups in total. The SMILES string of the molecule is C[C@]12C[C@H](O)[C@H]3[C@@H](CC=C4C=C(C(=O)O)CC[C@@]43C)[C@@H]1CC[C@@H]2C(=O)NC(c1ccccc1)c1ccc(Cl)cc1. The summed E-state index contributed by atoms with van der Waals surface area (Å²) >= 11 is 6.16. The predicted octanol–water partition coefficient (Wildman–Crippen LogP) is 6.72. The molecule has 5 nitrogen and oxygen atoms in total. The average molecular weight is 560 g/mol. The summed E-state index contributed by atoms with van der Waals surface area (Å²) in [6.45, 7) is 4.44. The molecule has 2 aromatic rings. The second-order valence-electron chi connectivity index (χ2n) is 12.9. The topological polar surface area (TPSA) is 86.6 Å². The average Bonchev–Trinajstić information content (AvgIpc) is 3.28. The van der Waals surface area contributed by atoms with Gasteiger partial charge in [-0.1, -0.05) is 74.0 Å². The number of aliphatic carboxylic acids is 1. The molecular formula is C34H38ClNO4. The highest BCUT2D eigenvalue weighted by Crippen LogP contribution is 2.66. The van der Waals surface area contributed by atoms with Crippen molar-refractivity contribution in [3.63, 3.8) is 0 Å². The van der Waals surface area contributed by atoms with Crippen molar-refractivity contribution in [3.8, 4) is 0 Å². The highest BCUT2D eigenvalue weighted by Gasteiger charge is 2.62. The first-order valence-electron chi connectivity index (χ1n) is 14.5. The van der Waals surface area contributed by atoms with Crippen LogP contribution in [0.25, 0.3) is 0 Å². The van der Waals surface area contributed by atoms with E-state index in [-0.39, 0.29) is 40.5 Å². The summed E-state index contributed by atoms with van der Waals surface area (Å²) in [6, 6.07) is 17.4. The van der Waals surface area contributed by atoms with Crippen molar-refractivity contribution in [1.82, 2.24) is 5.32 Å². The largest absolute Gasteiger partial charge is 0.478 e. The first-order valence-corrected chi connectivity index (χ1v) is 14.9. The molecule has 210 valence electrons. The summed E-state index contributed by atoms with van der Waals surface area (Å²) in [4.78, 5) is 25.7. The molecule has 2 saturated carbocycles. The fraction of sp³-hybridized carbons (Fsp3) is 0.471. The Bertz CT molecular complexity index is 1370. The van der Waals surface area contributed by atoms with Crippen LogP contribution in [0.3, 0.4) is 0 Å². The number of aliphatic hydroxyl groups excluding tert-OH is 1. The molecule has 0 aromatic heterocycles. The molecule has 6 rings (SSSR count). The van der Waals surface area contributed by atoms with E-state index in [1.54, 1.807) is 0 Å². The third kappa shape index (κ3) is 4.42. The van der Waals surface area contributed by atoms with Gasteiger partial charge in [0.25, 0.3) is 0 Å². The molecule has 8 atom stereocenters. The number of hydrogen-bond donors (Lipinski definition) is 3. The lowest BCUT2D eigenvalue weighted by Gasteiger charge is -2.58. The fourth-order valence-electron chi connectivity index (χ4n) is 8.96. The summed E-state index contributed by atoms with van der Waals surface area (Å²) in [5.41, 5.74) is 2.99. The molecule has 2 aromatic carbocycles. The van der Waals surface area contributed by atoms with Gasteiger partial charge < -0.3 is 15.5 Å². The van der Waals surface area contributed by atoms with Gasteiger partial charge in [0.1, 0.15) is 0 Å². The Kier molecular flexibility index (Phi) is 6.95. The van der Waals surface area contributed by atoms with E-state index >= 15 is 0 Å². The third-order valence-corrected chi connectivity index (χ3v) is 11.2. The quantitative estimate of drug-likeness (QED) is 0.380. The number of fused-ring (bicyclic) bond motifs is 5. The number of carboxylic acid groups (broad SMARTS) is 1. The molecule has 1 amide bonds. The summed E-state index contributed by atoms with van der Waals surface area (Å²) in [5.74, 6) is -0.300. The minimum absolute atomic E-state index is 0.0457. The number of carbonyl (C=O) groups is 2. The van der Waals surface area contributed by atoms with Crippen LogP contribution in [0, 0.1) is 34.5 Å². The van der Waals surface area contributed by atoms with Crippen LogP contribution >= 0.6 is 11.6 Å². The minimum atomic E-state index is -0.848. The number of allylic oxidation sites excluding steroid dienone is 3. The molecule has 0 saturated heterocycles. The maximum absolute atomic E-state index is 14.1. The number of aliphatic hydroxyl groups is 1. The second kappa shape index (κ2) is 10.2. The van der Waals surface area contributed by atoms with Crippen molar-refractivity contribution in [3.05, 3.63) is 94.0 Å². The molecule has 4 aliphatic rings. The van der Waals surface area contributed by atoms with Gasteiger partial charge >= 0.3 is 5.97 Å². The number of nitrogens with one attached hydrogen (secondary N) is 1. The molecule has 4 aliphatic carbocycles. The number of hydrogen-bond acceptors (Lipinski definition) is 3. The van der Waals surface area contributed by atoms with Crippen molar-refractivity contribution in [1.29, 1.82) is 0 Å². The van der Waals surface area contributed by atoms with Gasteiger partial charge in [0.15, 0.2) is 0 Å². The first-order chi connectivity index (χ1) is 19.1. The zero-order valence-electron chi connectivity index (χ0n) is 23.1. The number of carbonyl (C=O) groups excluding carboxylic acids is 1. The van der Waals surface area contributed by atoms with E-state index in [0.29, 0.717) is 29.4 Å². The molecular weight excluding hydrogens is 522 g/mol. The van der Waals surface area contributed by atoms with Gasteiger partial charge in [-0.3, -0.25) is 4.79 Å². The number of rotatable bonds is 5. The molecule has 0 radical (unpaired) electrons. The molecule has 0 bridgehead atoms. The van der Waals surface area contributed by atoms with Crippen molar-refractivity contribution in [2.45, 2.75) is 64.5 Å². The van der Waals surface area contributed by atoms with Crippen LogP contribution < -0.4 is 5.32 Å². The van der Waals surface area contributed by atoms with E-state index in [2.05, 4.69) is 25.2 Å². The first kappa shape index (κ1) is 27.3. The van der Waals surface area contributed by atoms with E-state index in [1.165, 1.54) is 0 Å². The lowest BCUT2D eigenvalue weighted by atomic mass is 9.47. The van der Waals surface area contributed by atoms with Crippen molar-refractivity contribution >= 4 is 23.5 Å². The normalized spacial score (nSPS) is 35.4. The number of benzene rings is 2. The Morgan fingerprint density at radius 2 is 1.73 bits per heavy atom. The van der Waals surface area contributed by atoms with Gasteiger partial charge in [-0.2, -0.15) is 0 Å².